The summed E-state index contributed by atoms with van der Waals surface area (Å²) in [4.78, 5) is 17.2. The molecule has 5 heteroatoms. The molecule has 0 spiro atoms. The molecule has 1 aromatic heterocycles. The van der Waals surface area contributed by atoms with E-state index in [2.05, 4.69) is 4.98 Å². The molecular formula is C19H14ClNO2S. The van der Waals surface area contributed by atoms with Crippen LogP contribution in [0.15, 0.2) is 60.8 Å². The number of methoxy groups -OCH3 is 1. The van der Waals surface area contributed by atoms with E-state index >= 15 is 0 Å². The predicted octanol–water partition coefficient (Wildman–Crippen LogP) is 5.37. The minimum absolute atomic E-state index is 0.0736. The maximum absolute atomic E-state index is 12.3. The molecule has 0 bridgehead atoms. The number of hydrogen-bond acceptors (Lipinski definition) is 4. The van der Waals surface area contributed by atoms with Gasteiger partial charge in [-0.15, -0.1) is 11.3 Å². The van der Waals surface area contributed by atoms with Gasteiger partial charge in [0.2, 0.25) is 0 Å². The minimum atomic E-state index is -0.0736. The summed E-state index contributed by atoms with van der Waals surface area (Å²) < 4.78 is 5.34. The lowest BCUT2D eigenvalue weighted by atomic mass is 10.2. The van der Waals surface area contributed by atoms with Crippen LogP contribution >= 0.6 is 22.9 Å². The topological polar surface area (TPSA) is 39.2 Å². The molecule has 0 unspecified atom stereocenters. The first kappa shape index (κ1) is 16.4. The van der Waals surface area contributed by atoms with E-state index in [1.165, 1.54) is 11.3 Å². The lowest BCUT2D eigenvalue weighted by molar-refractivity contribution is 0.105. The maximum atomic E-state index is 12.3. The zero-order chi connectivity index (χ0) is 16.9. The average molecular weight is 356 g/mol. The molecule has 2 aromatic carbocycles. The van der Waals surface area contributed by atoms with Gasteiger partial charge in [-0.3, -0.25) is 4.79 Å². The van der Waals surface area contributed by atoms with Gasteiger partial charge in [-0.1, -0.05) is 48.0 Å². The van der Waals surface area contributed by atoms with Crippen LogP contribution in [0.5, 0.6) is 5.75 Å². The normalized spacial score (nSPS) is 10.9. The van der Waals surface area contributed by atoms with E-state index < -0.39 is 0 Å². The number of halogens is 1. The molecule has 24 heavy (non-hydrogen) atoms. The smallest absolute Gasteiger partial charge is 0.197 e. The second kappa shape index (κ2) is 7.43. The Bertz CT molecular complexity index is 887. The molecule has 0 atom stereocenters. The van der Waals surface area contributed by atoms with Crippen molar-refractivity contribution in [2.45, 2.75) is 0 Å². The molecule has 3 rings (SSSR count). The van der Waals surface area contributed by atoms with Gasteiger partial charge in [-0.05, 0) is 29.8 Å². The van der Waals surface area contributed by atoms with Crippen molar-refractivity contribution < 1.29 is 9.53 Å². The van der Waals surface area contributed by atoms with Gasteiger partial charge < -0.3 is 4.74 Å². The number of carbonyl (C=O) groups excluding carboxylic acids is 1. The van der Waals surface area contributed by atoms with Gasteiger partial charge in [0, 0.05) is 11.2 Å². The molecule has 0 aliphatic carbocycles. The van der Waals surface area contributed by atoms with E-state index in [4.69, 9.17) is 16.3 Å². The highest BCUT2D eigenvalue weighted by atomic mass is 35.5. The van der Waals surface area contributed by atoms with E-state index in [-0.39, 0.29) is 5.78 Å². The third-order valence-electron chi connectivity index (χ3n) is 3.37. The highest BCUT2D eigenvalue weighted by Crippen LogP contribution is 2.34. The number of rotatable bonds is 5. The Kier molecular flexibility index (Phi) is 5.08. The molecular weight excluding hydrogens is 342 g/mol. The number of nitrogens with zero attached hydrogens (tertiary/aromatic N) is 1. The summed E-state index contributed by atoms with van der Waals surface area (Å²) in [7, 11) is 1.58. The van der Waals surface area contributed by atoms with E-state index in [1.54, 1.807) is 37.6 Å². The maximum Gasteiger partial charge on any atom is 0.197 e. The van der Waals surface area contributed by atoms with Crippen molar-refractivity contribution in [2.75, 3.05) is 7.11 Å². The number of hydrogen-bond donors (Lipinski definition) is 0. The van der Waals surface area contributed by atoms with Gasteiger partial charge in [0.15, 0.2) is 5.78 Å². The minimum Gasteiger partial charge on any atom is -0.496 e. The first-order valence-corrected chi connectivity index (χ1v) is 8.44. The van der Waals surface area contributed by atoms with Crippen molar-refractivity contribution in [3.63, 3.8) is 0 Å². The van der Waals surface area contributed by atoms with Crippen LogP contribution in [0.3, 0.4) is 0 Å². The molecule has 0 N–H and O–H groups in total. The van der Waals surface area contributed by atoms with Crippen LogP contribution in [0.1, 0.15) is 15.2 Å². The van der Waals surface area contributed by atoms with Crippen molar-refractivity contribution in [1.82, 2.24) is 4.98 Å². The van der Waals surface area contributed by atoms with Crippen LogP contribution < -0.4 is 4.74 Å². The molecule has 0 amide bonds. The number of allylic oxidation sites excluding steroid dienone is 1. The summed E-state index contributed by atoms with van der Waals surface area (Å²) in [6, 6.07) is 15.0. The van der Waals surface area contributed by atoms with Crippen LogP contribution in [-0.4, -0.2) is 17.9 Å². The first-order chi connectivity index (χ1) is 11.7. The fourth-order valence-corrected chi connectivity index (χ4v) is 3.20. The molecule has 0 aliphatic heterocycles. The summed E-state index contributed by atoms with van der Waals surface area (Å²) in [5.41, 5.74) is 1.80. The Hall–Kier alpha value is -2.43. The Morgan fingerprint density at radius 1 is 1.21 bits per heavy atom. The molecule has 3 nitrogen and oxygen atoms in total. The van der Waals surface area contributed by atoms with E-state index in [0.717, 1.165) is 16.1 Å². The van der Waals surface area contributed by atoms with Crippen LogP contribution in [-0.2, 0) is 0 Å². The number of ether oxygens (including phenoxy) is 1. The number of aromatic nitrogens is 1. The van der Waals surface area contributed by atoms with Crippen LogP contribution in [0.2, 0.25) is 5.02 Å². The van der Waals surface area contributed by atoms with E-state index in [1.807, 2.05) is 36.4 Å². The molecule has 0 fully saturated rings. The quantitative estimate of drug-likeness (QED) is 0.456. The molecule has 120 valence electrons. The van der Waals surface area contributed by atoms with Crippen LogP contribution in [0.25, 0.3) is 16.6 Å². The monoisotopic (exact) mass is 355 g/mol. The number of benzene rings is 2. The van der Waals surface area contributed by atoms with Gasteiger partial charge in [0.05, 0.1) is 17.6 Å². The zero-order valence-electron chi connectivity index (χ0n) is 12.9. The first-order valence-electron chi connectivity index (χ1n) is 7.24. The van der Waals surface area contributed by atoms with Crippen LogP contribution in [0.4, 0.5) is 0 Å². The number of carbonyl (C=O) groups is 1. The van der Waals surface area contributed by atoms with Gasteiger partial charge in [-0.2, -0.15) is 0 Å². The molecule has 0 saturated heterocycles. The van der Waals surface area contributed by atoms with Crippen molar-refractivity contribution in [1.29, 1.82) is 0 Å². The molecule has 0 aliphatic rings. The van der Waals surface area contributed by atoms with E-state index in [0.29, 0.717) is 15.6 Å². The third kappa shape index (κ3) is 3.72. The summed E-state index contributed by atoms with van der Waals surface area (Å²) >= 11 is 7.31. The van der Waals surface area contributed by atoms with Gasteiger partial charge >= 0.3 is 0 Å². The molecule has 0 saturated carbocycles. The molecule has 0 radical (unpaired) electrons. The third-order valence-corrected chi connectivity index (χ3v) is 4.65. The second-order valence-electron chi connectivity index (χ2n) is 4.98. The summed E-state index contributed by atoms with van der Waals surface area (Å²) in [6.45, 7) is 0. The second-order valence-corrected chi connectivity index (χ2v) is 6.45. The highest BCUT2D eigenvalue weighted by molar-refractivity contribution is 7.17. The lowest BCUT2D eigenvalue weighted by Crippen LogP contribution is -1.88. The van der Waals surface area contributed by atoms with Crippen LogP contribution in [0, 0.1) is 0 Å². The number of ketones is 1. The number of thiazole rings is 1. The Morgan fingerprint density at radius 2 is 2.00 bits per heavy atom. The Balaban J connectivity index is 1.83. The van der Waals surface area contributed by atoms with Crippen molar-refractivity contribution in [3.05, 3.63) is 76.3 Å². The Labute approximate surface area is 149 Å². The van der Waals surface area contributed by atoms with Crippen molar-refractivity contribution in [3.8, 4) is 16.3 Å². The molecule has 1 heterocycles. The predicted molar refractivity (Wildman–Crippen MR) is 98.9 cm³/mol. The fraction of sp³-hybridized carbons (Fsp3) is 0.0526. The van der Waals surface area contributed by atoms with Crippen molar-refractivity contribution in [2.24, 2.45) is 0 Å². The van der Waals surface area contributed by atoms with Gasteiger partial charge in [0.25, 0.3) is 0 Å². The van der Waals surface area contributed by atoms with Crippen molar-refractivity contribution >= 4 is 34.8 Å². The summed E-state index contributed by atoms with van der Waals surface area (Å²) in [5, 5.41) is 1.31. The van der Waals surface area contributed by atoms with Gasteiger partial charge in [-0.25, -0.2) is 4.98 Å². The molecule has 3 aromatic rings. The summed E-state index contributed by atoms with van der Waals surface area (Å²) in [6.07, 6.45) is 4.95. The lowest BCUT2D eigenvalue weighted by Gasteiger charge is -2.05. The van der Waals surface area contributed by atoms with E-state index in [9.17, 15) is 4.79 Å². The largest absolute Gasteiger partial charge is 0.496 e. The Morgan fingerprint density at radius 3 is 2.75 bits per heavy atom. The highest BCUT2D eigenvalue weighted by Gasteiger charge is 2.13. The van der Waals surface area contributed by atoms with Gasteiger partial charge in [0.1, 0.15) is 10.8 Å². The zero-order valence-corrected chi connectivity index (χ0v) is 14.5. The SMILES string of the molecule is COc1cc(Cl)ccc1-c1ncc(C(=O)C=Cc2ccccc2)s1. The standard InChI is InChI=1S/C19H14ClNO2S/c1-23-17-11-14(20)8-9-15(17)19-21-12-18(24-19)16(22)10-7-13-5-3-2-4-6-13/h2-12H,1H3. The fourth-order valence-electron chi connectivity index (χ4n) is 2.17. The summed E-state index contributed by atoms with van der Waals surface area (Å²) in [5.74, 6) is 0.561. The average Bonchev–Trinajstić information content (AvgIpc) is 3.10.